The Kier molecular flexibility index (Phi) is 7.86. The Morgan fingerprint density at radius 3 is 2.20 bits per heavy atom. The molecule has 35 heavy (non-hydrogen) atoms. The van der Waals surface area contributed by atoms with Crippen LogP contribution in [0.5, 0.6) is 5.75 Å². The van der Waals surface area contributed by atoms with Gasteiger partial charge in [-0.2, -0.15) is 13.2 Å². The van der Waals surface area contributed by atoms with Crippen LogP contribution in [0.15, 0.2) is 41.3 Å². The molecule has 0 heterocycles. The Labute approximate surface area is 203 Å². The first-order chi connectivity index (χ1) is 16.2. The van der Waals surface area contributed by atoms with Gasteiger partial charge in [-0.05, 0) is 66.5 Å². The van der Waals surface area contributed by atoms with E-state index < -0.39 is 33.7 Å². The zero-order valence-corrected chi connectivity index (χ0v) is 20.9. The molecule has 2 aromatic rings. The molecule has 1 unspecified atom stereocenters. The maximum atomic E-state index is 13.3. The molecule has 0 amide bonds. The first kappa shape index (κ1) is 27.0. The van der Waals surface area contributed by atoms with E-state index in [1.54, 1.807) is 0 Å². The summed E-state index contributed by atoms with van der Waals surface area (Å²) < 4.78 is 73.0. The van der Waals surface area contributed by atoms with Crippen molar-refractivity contribution in [3.63, 3.8) is 0 Å². The summed E-state index contributed by atoms with van der Waals surface area (Å²) in [5, 5.41) is 9.90. The summed E-state index contributed by atoms with van der Waals surface area (Å²) in [6.07, 6.45) is -2.39. The number of benzene rings is 2. The highest BCUT2D eigenvalue weighted by molar-refractivity contribution is 7.89. The first-order valence-electron chi connectivity index (χ1n) is 11.4. The Morgan fingerprint density at radius 1 is 1.14 bits per heavy atom. The zero-order chi connectivity index (χ0) is 26.1. The van der Waals surface area contributed by atoms with Crippen LogP contribution in [0.25, 0.3) is 11.1 Å². The molecule has 6 nitrogen and oxygen atoms in total. The van der Waals surface area contributed by atoms with Gasteiger partial charge in [-0.3, -0.25) is 4.79 Å². The normalized spacial score (nSPS) is 15.5. The van der Waals surface area contributed by atoms with Gasteiger partial charge >= 0.3 is 12.1 Å². The van der Waals surface area contributed by atoms with Crippen molar-refractivity contribution in [1.29, 1.82) is 0 Å². The molecule has 1 aliphatic rings. The molecule has 1 saturated carbocycles. The largest absolute Gasteiger partial charge is 0.491 e. The van der Waals surface area contributed by atoms with Gasteiger partial charge in [-0.15, -0.1) is 0 Å². The van der Waals surface area contributed by atoms with Crippen molar-refractivity contribution < 1.29 is 36.2 Å². The van der Waals surface area contributed by atoms with E-state index in [1.807, 2.05) is 13.8 Å². The number of hydrogen-bond acceptors (Lipinski definition) is 4. The second kappa shape index (κ2) is 10.2. The van der Waals surface area contributed by atoms with E-state index >= 15 is 0 Å². The van der Waals surface area contributed by atoms with Gasteiger partial charge in [0.05, 0.1) is 18.1 Å². The molecular weight excluding hydrogens is 483 g/mol. The van der Waals surface area contributed by atoms with Crippen LogP contribution in [-0.4, -0.2) is 44.5 Å². The minimum Gasteiger partial charge on any atom is -0.491 e. The summed E-state index contributed by atoms with van der Waals surface area (Å²) in [4.78, 5) is 11.9. The van der Waals surface area contributed by atoms with Crippen LogP contribution in [0.4, 0.5) is 13.2 Å². The second-order valence-corrected chi connectivity index (χ2v) is 11.7. The van der Waals surface area contributed by atoms with Crippen LogP contribution in [-0.2, 0) is 21.0 Å². The third-order valence-corrected chi connectivity index (χ3v) is 7.75. The third kappa shape index (κ3) is 6.35. The van der Waals surface area contributed by atoms with Gasteiger partial charge < -0.3 is 9.84 Å². The van der Waals surface area contributed by atoms with Crippen molar-refractivity contribution in [2.24, 2.45) is 11.8 Å². The number of nitrogens with zero attached hydrogens (tertiary/aromatic N) is 1. The molecule has 1 fully saturated rings. The van der Waals surface area contributed by atoms with Gasteiger partial charge in [-0.1, -0.05) is 26.0 Å². The fourth-order valence-corrected chi connectivity index (χ4v) is 4.83. The average Bonchev–Trinajstić information content (AvgIpc) is 3.59. The van der Waals surface area contributed by atoms with E-state index in [0.717, 1.165) is 29.3 Å². The Bertz CT molecular complexity index is 1170. The highest BCUT2D eigenvalue weighted by atomic mass is 32.2. The summed E-state index contributed by atoms with van der Waals surface area (Å²) in [5.41, 5.74) is -0.0515. The maximum absolute atomic E-state index is 13.3. The van der Waals surface area contributed by atoms with Gasteiger partial charge in [0.15, 0.2) is 0 Å². The van der Waals surface area contributed by atoms with Crippen LogP contribution in [0, 0.1) is 11.8 Å². The molecule has 1 N–H and O–H groups in total. The molecule has 1 aliphatic carbocycles. The van der Waals surface area contributed by atoms with E-state index in [-0.39, 0.29) is 46.6 Å². The highest BCUT2D eigenvalue weighted by Crippen LogP contribution is 2.43. The van der Waals surface area contributed by atoms with Gasteiger partial charge in [0, 0.05) is 19.7 Å². The lowest BCUT2D eigenvalue weighted by atomic mass is 9.88. The molecule has 0 radical (unpaired) electrons. The quantitative estimate of drug-likeness (QED) is 0.446. The van der Waals surface area contributed by atoms with E-state index in [0.29, 0.717) is 5.56 Å². The fourth-order valence-electron chi connectivity index (χ4n) is 3.75. The predicted molar refractivity (Wildman–Crippen MR) is 126 cm³/mol. The molecule has 2 aromatic carbocycles. The minimum absolute atomic E-state index is 0.00492. The summed E-state index contributed by atoms with van der Waals surface area (Å²) >= 11 is 0. The summed E-state index contributed by atoms with van der Waals surface area (Å²) in [6.45, 7) is 3.98. The lowest BCUT2D eigenvalue weighted by molar-refractivity contribution is -0.139. The summed E-state index contributed by atoms with van der Waals surface area (Å²) in [7, 11) is -1.36. The first-order valence-corrected chi connectivity index (χ1v) is 12.8. The molecule has 0 bridgehead atoms. The van der Waals surface area contributed by atoms with E-state index in [9.17, 15) is 31.5 Å². The Balaban J connectivity index is 2.29. The van der Waals surface area contributed by atoms with E-state index in [2.05, 4.69) is 0 Å². The van der Waals surface area contributed by atoms with Crippen molar-refractivity contribution in [2.75, 3.05) is 20.7 Å². The number of sulfonamides is 1. The van der Waals surface area contributed by atoms with Crippen LogP contribution >= 0.6 is 0 Å². The highest BCUT2D eigenvalue weighted by Gasteiger charge is 2.33. The molecule has 10 heteroatoms. The van der Waals surface area contributed by atoms with Gasteiger partial charge in [-0.25, -0.2) is 12.7 Å². The minimum atomic E-state index is -4.53. The Morgan fingerprint density at radius 2 is 1.74 bits per heavy atom. The molecule has 0 saturated heterocycles. The smallest absolute Gasteiger partial charge is 0.416 e. The van der Waals surface area contributed by atoms with Crippen molar-refractivity contribution in [1.82, 2.24) is 4.31 Å². The van der Waals surface area contributed by atoms with Crippen LogP contribution < -0.4 is 4.74 Å². The molecule has 0 aromatic heterocycles. The van der Waals surface area contributed by atoms with Crippen molar-refractivity contribution >= 4 is 16.0 Å². The molecule has 3 rings (SSSR count). The average molecular weight is 514 g/mol. The number of carboxylic acids is 1. The molecule has 0 spiro atoms. The van der Waals surface area contributed by atoms with Gasteiger partial charge in [0.25, 0.3) is 0 Å². The lowest BCUT2D eigenvalue weighted by Gasteiger charge is -2.23. The van der Waals surface area contributed by atoms with Gasteiger partial charge in [0.1, 0.15) is 10.6 Å². The Hall–Kier alpha value is -2.59. The maximum Gasteiger partial charge on any atom is 0.416 e. The van der Waals surface area contributed by atoms with E-state index in [4.69, 9.17) is 4.74 Å². The molecule has 192 valence electrons. The fraction of sp³-hybridized carbons (Fsp3) is 0.480. The topological polar surface area (TPSA) is 83.9 Å². The van der Waals surface area contributed by atoms with Gasteiger partial charge in [0.2, 0.25) is 10.0 Å². The number of halogens is 3. The molecular formula is C25H30F3NO5S. The zero-order valence-electron chi connectivity index (χ0n) is 20.1. The van der Waals surface area contributed by atoms with Crippen molar-refractivity contribution in [3.8, 4) is 16.9 Å². The lowest BCUT2D eigenvalue weighted by Crippen LogP contribution is -2.24. The predicted octanol–water partition coefficient (Wildman–Crippen LogP) is 5.63. The number of hydrogen-bond donors (Lipinski definition) is 1. The van der Waals surface area contributed by atoms with Crippen LogP contribution in [0.3, 0.4) is 0 Å². The third-order valence-electron chi connectivity index (χ3n) is 5.93. The number of aliphatic carboxylic acids is 1. The molecule has 1 atom stereocenters. The number of alkyl halides is 3. The number of ether oxygens (including phenoxy) is 1. The SMILES string of the molecule is CC(C)CC(C(=O)O)c1cc(-c2ccc(C(F)(F)F)cc2)c(OCC2CC2)c(S(=O)(=O)N(C)C)c1. The van der Waals surface area contributed by atoms with Crippen molar-refractivity contribution in [2.45, 2.75) is 50.1 Å². The summed E-state index contributed by atoms with van der Waals surface area (Å²) in [6, 6.07) is 7.17. The molecule has 0 aliphatic heterocycles. The van der Waals surface area contributed by atoms with E-state index in [1.165, 1.54) is 38.4 Å². The van der Waals surface area contributed by atoms with Crippen molar-refractivity contribution in [3.05, 3.63) is 47.5 Å². The number of carboxylic acid groups (broad SMARTS) is 1. The van der Waals surface area contributed by atoms with Crippen LogP contribution in [0.2, 0.25) is 0 Å². The number of rotatable bonds is 10. The number of carbonyl (C=O) groups is 1. The summed E-state index contributed by atoms with van der Waals surface area (Å²) in [5.74, 6) is -1.82. The second-order valence-electron chi connectivity index (χ2n) is 9.53. The standard InChI is InChI=1S/C25H30F3NO5S/c1-15(2)11-21(24(30)31)18-12-20(17-7-9-19(10-8-17)25(26,27)28)23(34-14-16-5-6-16)22(13-18)35(32,33)29(3)4/h7-10,12-13,15-16,21H,5-6,11,14H2,1-4H3,(H,30,31). The monoisotopic (exact) mass is 513 g/mol. The van der Waals surface area contributed by atoms with Crippen LogP contribution in [0.1, 0.15) is 50.2 Å².